The first-order valence-corrected chi connectivity index (χ1v) is 12.7. The second kappa shape index (κ2) is 10.3. The molecule has 0 bridgehead atoms. The summed E-state index contributed by atoms with van der Waals surface area (Å²) < 4.78 is 34.4. The number of carbonyl (C=O) groups is 1. The molecule has 0 aliphatic heterocycles. The Balaban J connectivity index is 1.87. The van der Waals surface area contributed by atoms with Crippen LogP contribution in [0.4, 0.5) is 5.69 Å². The quantitative estimate of drug-likeness (QED) is 0.439. The second-order valence-corrected chi connectivity index (χ2v) is 10.2. The number of anilines is 1. The van der Waals surface area contributed by atoms with Crippen LogP contribution in [0, 0.1) is 27.7 Å². The number of sulfonamides is 1. The number of benzene rings is 3. The van der Waals surface area contributed by atoms with E-state index in [9.17, 15) is 13.2 Å². The molecule has 180 valence electrons. The molecule has 0 spiro atoms. The number of hydrogen-bond donors (Lipinski definition) is 2. The minimum Gasteiger partial charge on any atom is -0.496 e. The Hall–Kier alpha value is -3.32. The van der Waals surface area contributed by atoms with Gasteiger partial charge in [0.2, 0.25) is 0 Å². The molecule has 34 heavy (non-hydrogen) atoms. The van der Waals surface area contributed by atoms with Crippen molar-refractivity contribution in [3.8, 4) is 5.75 Å². The number of hydrogen-bond acceptors (Lipinski definition) is 4. The molecule has 3 rings (SSSR count). The van der Waals surface area contributed by atoms with Crippen molar-refractivity contribution in [1.82, 2.24) is 5.32 Å². The Morgan fingerprint density at radius 3 is 2.26 bits per heavy atom. The van der Waals surface area contributed by atoms with E-state index in [2.05, 4.69) is 10.0 Å². The average Bonchev–Trinajstić information content (AvgIpc) is 2.79. The van der Waals surface area contributed by atoms with E-state index in [4.69, 9.17) is 4.74 Å². The van der Waals surface area contributed by atoms with E-state index in [1.54, 1.807) is 32.2 Å². The predicted octanol–water partition coefficient (Wildman–Crippen LogP) is 5.61. The van der Waals surface area contributed by atoms with Crippen LogP contribution >= 0.6 is 0 Å². The third kappa shape index (κ3) is 5.59. The van der Waals surface area contributed by atoms with Crippen LogP contribution in [-0.4, -0.2) is 21.4 Å². The van der Waals surface area contributed by atoms with E-state index >= 15 is 0 Å². The highest BCUT2D eigenvalue weighted by Gasteiger charge is 2.22. The molecule has 0 fully saturated rings. The van der Waals surface area contributed by atoms with Crippen molar-refractivity contribution in [1.29, 1.82) is 0 Å². The van der Waals surface area contributed by atoms with Gasteiger partial charge in [0, 0.05) is 5.56 Å². The van der Waals surface area contributed by atoms with Gasteiger partial charge in [-0.1, -0.05) is 37.3 Å². The van der Waals surface area contributed by atoms with Crippen molar-refractivity contribution in [2.24, 2.45) is 0 Å². The lowest BCUT2D eigenvalue weighted by Crippen LogP contribution is -2.28. The normalized spacial score (nSPS) is 12.2. The maximum absolute atomic E-state index is 13.2. The predicted molar refractivity (Wildman–Crippen MR) is 136 cm³/mol. The fourth-order valence-corrected chi connectivity index (χ4v) is 5.25. The Kier molecular flexibility index (Phi) is 7.67. The van der Waals surface area contributed by atoms with Crippen LogP contribution in [-0.2, 0) is 10.0 Å². The standard InChI is InChI=1S/C27H32N2O4S/c1-7-23(21-12-13-25(33-6)20(5)15-21)28-27(30)22-11-10-19(4)26(16-22)34(31,32)29-24-14-17(2)8-9-18(24)3/h8-16,23,29H,7H2,1-6H3,(H,28,30)/t23-/m0/s1. The number of nitrogens with one attached hydrogen (secondary N) is 2. The summed E-state index contributed by atoms with van der Waals surface area (Å²) in [5.74, 6) is 0.457. The number of rotatable bonds is 8. The molecule has 7 heteroatoms. The summed E-state index contributed by atoms with van der Waals surface area (Å²) in [6.45, 7) is 9.41. The van der Waals surface area contributed by atoms with Crippen molar-refractivity contribution in [3.05, 3.63) is 88.0 Å². The second-order valence-electron chi connectivity index (χ2n) is 8.57. The SMILES string of the molecule is CC[C@H](NC(=O)c1ccc(C)c(S(=O)(=O)Nc2cc(C)ccc2C)c1)c1ccc(OC)c(C)c1. The fourth-order valence-electron chi connectivity index (χ4n) is 3.86. The van der Waals surface area contributed by atoms with E-state index in [1.165, 1.54) is 6.07 Å². The van der Waals surface area contributed by atoms with E-state index < -0.39 is 10.0 Å². The monoisotopic (exact) mass is 480 g/mol. The number of aryl methyl sites for hydroxylation is 4. The molecule has 0 heterocycles. The molecule has 0 unspecified atom stereocenters. The zero-order chi connectivity index (χ0) is 25.0. The first-order valence-electron chi connectivity index (χ1n) is 11.2. The maximum Gasteiger partial charge on any atom is 0.262 e. The minimum absolute atomic E-state index is 0.0781. The summed E-state index contributed by atoms with van der Waals surface area (Å²) in [4.78, 5) is 13.2. The van der Waals surface area contributed by atoms with Crippen molar-refractivity contribution >= 4 is 21.6 Å². The van der Waals surface area contributed by atoms with E-state index in [0.29, 0.717) is 17.7 Å². The Morgan fingerprint density at radius 2 is 1.62 bits per heavy atom. The van der Waals surface area contributed by atoms with Crippen LogP contribution < -0.4 is 14.8 Å². The molecule has 0 aliphatic rings. The van der Waals surface area contributed by atoms with Crippen LogP contribution in [0.1, 0.15) is 57.6 Å². The van der Waals surface area contributed by atoms with Gasteiger partial charge in [-0.05, 0) is 86.2 Å². The molecular weight excluding hydrogens is 448 g/mol. The molecule has 6 nitrogen and oxygen atoms in total. The third-order valence-corrected chi connectivity index (χ3v) is 7.42. The van der Waals surface area contributed by atoms with Gasteiger partial charge < -0.3 is 10.1 Å². The lowest BCUT2D eigenvalue weighted by atomic mass is 10.0. The highest BCUT2D eigenvalue weighted by atomic mass is 32.2. The molecule has 0 aromatic heterocycles. The van der Waals surface area contributed by atoms with Crippen LogP contribution in [0.2, 0.25) is 0 Å². The largest absolute Gasteiger partial charge is 0.496 e. The van der Waals surface area contributed by atoms with E-state index in [0.717, 1.165) is 28.0 Å². The molecule has 3 aromatic rings. The zero-order valence-electron chi connectivity index (χ0n) is 20.5. The number of amides is 1. The third-order valence-electron chi connectivity index (χ3n) is 5.91. The van der Waals surface area contributed by atoms with Crippen molar-refractivity contribution < 1.29 is 17.9 Å². The van der Waals surface area contributed by atoms with Crippen LogP contribution in [0.15, 0.2) is 59.5 Å². The molecule has 3 aromatic carbocycles. The van der Waals surface area contributed by atoms with Gasteiger partial charge in [0.25, 0.3) is 15.9 Å². The fraction of sp³-hybridized carbons (Fsp3) is 0.296. The topological polar surface area (TPSA) is 84.5 Å². The highest BCUT2D eigenvalue weighted by molar-refractivity contribution is 7.92. The average molecular weight is 481 g/mol. The van der Waals surface area contributed by atoms with Crippen LogP contribution in [0.5, 0.6) is 5.75 Å². The van der Waals surface area contributed by atoms with Gasteiger partial charge >= 0.3 is 0 Å². The molecule has 0 aliphatic carbocycles. The first-order chi connectivity index (χ1) is 16.1. The summed E-state index contributed by atoms with van der Waals surface area (Å²) in [7, 11) is -2.26. The van der Waals surface area contributed by atoms with Gasteiger partial charge in [-0.2, -0.15) is 0 Å². The van der Waals surface area contributed by atoms with E-state index in [-0.39, 0.29) is 22.4 Å². The maximum atomic E-state index is 13.2. The Bertz CT molecular complexity index is 1320. The lowest BCUT2D eigenvalue weighted by Gasteiger charge is -2.19. The number of ether oxygens (including phenoxy) is 1. The van der Waals surface area contributed by atoms with Crippen molar-refractivity contribution in [2.75, 3.05) is 11.8 Å². The van der Waals surface area contributed by atoms with E-state index in [1.807, 2.05) is 58.0 Å². The summed E-state index contributed by atoms with van der Waals surface area (Å²) in [5.41, 5.74) is 5.09. The summed E-state index contributed by atoms with van der Waals surface area (Å²) >= 11 is 0. The van der Waals surface area contributed by atoms with Crippen molar-refractivity contribution in [3.63, 3.8) is 0 Å². The van der Waals surface area contributed by atoms with Gasteiger partial charge in [0.05, 0.1) is 23.7 Å². The van der Waals surface area contributed by atoms with Gasteiger partial charge in [0.15, 0.2) is 0 Å². The first kappa shape index (κ1) is 25.3. The minimum atomic E-state index is -3.88. The zero-order valence-corrected chi connectivity index (χ0v) is 21.3. The molecular formula is C27H32N2O4S. The molecule has 2 N–H and O–H groups in total. The summed E-state index contributed by atoms with van der Waals surface area (Å²) in [6.07, 6.45) is 0.683. The molecule has 0 saturated carbocycles. The summed E-state index contributed by atoms with van der Waals surface area (Å²) in [5, 5.41) is 3.03. The smallest absolute Gasteiger partial charge is 0.262 e. The number of carbonyl (C=O) groups excluding carboxylic acids is 1. The van der Waals surface area contributed by atoms with Gasteiger partial charge in [-0.3, -0.25) is 9.52 Å². The lowest BCUT2D eigenvalue weighted by molar-refractivity contribution is 0.0935. The molecule has 1 atom stereocenters. The van der Waals surface area contributed by atoms with Gasteiger partial charge in [-0.25, -0.2) is 8.42 Å². The molecule has 0 saturated heterocycles. The Morgan fingerprint density at radius 1 is 0.912 bits per heavy atom. The van der Waals surface area contributed by atoms with Crippen LogP contribution in [0.25, 0.3) is 0 Å². The number of methoxy groups -OCH3 is 1. The molecule has 0 radical (unpaired) electrons. The van der Waals surface area contributed by atoms with Gasteiger partial charge in [-0.15, -0.1) is 0 Å². The van der Waals surface area contributed by atoms with Gasteiger partial charge in [0.1, 0.15) is 5.75 Å². The molecule has 1 amide bonds. The summed E-state index contributed by atoms with van der Waals surface area (Å²) in [6, 6.07) is 15.9. The van der Waals surface area contributed by atoms with Crippen LogP contribution in [0.3, 0.4) is 0 Å². The Labute approximate surface area is 202 Å². The highest BCUT2D eigenvalue weighted by Crippen LogP contribution is 2.26. The van der Waals surface area contributed by atoms with Crippen molar-refractivity contribution in [2.45, 2.75) is 52.0 Å².